The Kier molecular flexibility index (Phi) is 39.8. The summed E-state index contributed by atoms with van der Waals surface area (Å²) in [5.74, 6) is -3.64. The van der Waals surface area contributed by atoms with Crippen molar-refractivity contribution < 1.29 is 111 Å². The van der Waals surface area contributed by atoms with E-state index in [1.165, 1.54) is 0 Å². The summed E-state index contributed by atoms with van der Waals surface area (Å²) in [4.78, 5) is 104. The van der Waals surface area contributed by atoms with Gasteiger partial charge in [0.2, 0.25) is 17.6 Å². The molecule has 0 radical (unpaired) electrons. The second kappa shape index (κ2) is 41.1. The second-order valence-corrected chi connectivity index (χ2v) is 16.4. The van der Waals surface area contributed by atoms with E-state index in [1.807, 2.05) is 55.4 Å². The minimum Gasteiger partial charge on any atom is -0.456 e. The van der Waals surface area contributed by atoms with Crippen molar-refractivity contribution in [2.75, 3.05) is 19.8 Å². The molecule has 5 N–H and O–H groups in total. The maximum absolute atomic E-state index is 12.2. The highest BCUT2D eigenvalue weighted by atomic mass is 35.5. The van der Waals surface area contributed by atoms with E-state index in [0.29, 0.717) is 51.4 Å². The molecule has 71 heavy (non-hydrogen) atoms. The van der Waals surface area contributed by atoms with Gasteiger partial charge in [-0.3, -0.25) is 38.4 Å². The van der Waals surface area contributed by atoms with Gasteiger partial charge in [-0.1, -0.05) is 55.4 Å². The normalized spacial score (nSPS) is 22.5. The Morgan fingerprint density at radius 3 is 1.13 bits per heavy atom. The number of esters is 7. The van der Waals surface area contributed by atoms with Gasteiger partial charge in [0.25, 0.3) is 0 Å². The lowest BCUT2D eigenvalue weighted by atomic mass is 10.0. The van der Waals surface area contributed by atoms with Gasteiger partial charge in [0.15, 0.2) is 43.1 Å². The minimum atomic E-state index is -1.64. The lowest BCUT2D eigenvalue weighted by Crippen LogP contribution is -2.58. The summed E-state index contributed by atoms with van der Waals surface area (Å²) in [7, 11) is 0. The Labute approximate surface area is 420 Å². The van der Waals surface area contributed by atoms with Crippen molar-refractivity contribution in [2.45, 2.75) is 226 Å². The zero-order valence-electron chi connectivity index (χ0n) is 42.3. The maximum Gasteiger partial charge on any atom is 0.308 e. The van der Waals surface area contributed by atoms with E-state index < -0.39 is 116 Å². The largest absolute Gasteiger partial charge is 0.456 e. The highest BCUT2D eigenvalue weighted by molar-refractivity contribution is 6.63. The summed E-state index contributed by atoms with van der Waals surface area (Å²) in [6, 6.07) is 0. The van der Waals surface area contributed by atoms with Gasteiger partial charge in [-0.15, -0.1) is 0 Å². The molecular formula is C47H79ClO23. The van der Waals surface area contributed by atoms with E-state index in [2.05, 4.69) is 0 Å². The molecule has 2 heterocycles. The van der Waals surface area contributed by atoms with E-state index >= 15 is 0 Å². The number of aliphatic hydroxyl groups excluding tert-OH is 5. The molecule has 0 aliphatic carbocycles. The van der Waals surface area contributed by atoms with Gasteiger partial charge in [-0.25, -0.2) is 0 Å². The Morgan fingerprint density at radius 1 is 0.493 bits per heavy atom. The smallest absolute Gasteiger partial charge is 0.308 e. The predicted octanol–water partition coefficient (Wildman–Crippen LogP) is 3.10. The molecule has 0 aromatic heterocycles. The van der Waals surface area contributed by atoms with Gasteiger partial charge in [0, 0.05) is 51.4 Å². The van der Waals surface area contributed by atoms with Crippen LogP contribution in [0.25, 0.3) is 0 Å². The van der Waals surface area contributed by atoms with Crippen molar-refractivity contribution in [1.29, 1.82) is 0 Å². The molecule has 11 atom stereocenters. The van der Waals surface area contributed by atoms with Crippen molar-refractivity contribution in [3.05, 3.63) is 0 Å². The van der Waals surface area contributed by atoms with E-state index in [0.717, 1.165) is 6.42 Å². The number of rotatable bonds is 27. The Morgan fingerprint density at radius 2 is 0.803 bits per heavy atom. The molecule has 2 aliphatic heterocycles. The average Bonchev–Trinajstić information content (AvgIpc) is 3.30. The van der Waals surface area contributed by atoms with Crippen molar-refractivity contribution in [3.8, 4) is 0 Å². The number of aldehydes is 1. The number of hydrogen-bond acceptors (Lipinski definition) is 23. The topological polar surface area (TPSA) is 338 Å². The van der Waals surface area contributed by atoms with E-state index in [1.54, 1.807) is 0 Å². The lowest BCUT2D eigenvalue weighted by Gasteiger charge is -2.40. The van der Waals surface area contributed by atoms with Gasteiger partial charge in [0.1, 0.15) is 18.3 Å². The first-order valence-corrected chi connectivity index (χ1v) is 24.6. The third-order valence-corrected chi connectivity index (χ3v) is 9.55. The van der Waals surface area contributed by atoms with Crippen LogP contribution in [0.2, 0.25) is 0 Å². The molecule has 24 heteroatoms. The molecule has 0 aromatic carbocycles. The van der Waals surface area contributed by atoms with Crippen LogP contribution >= 0.6 is 11.6 Å². The molecule has 2 aliphatic rings. The van der Waals surface area contributed by atoms with Gasteiger partial charge in [-0.05, 0) is 63.0 Å². The highest BCUT2D eigenvalue weighted by Crippen LogP contribution is 2.28. The first-order chi connectivity index (χ1) is 33.7. The van der Waals surface area contributed by atoms with Crippen molar-refractivity contribution in [2.24, 2.45) is 0 Å². The maximum atomic E-state index is 12.2. The quantitative estimate of drug-likeness (QED) is 0.0341. The number of ether oxygens (including phenoxy) is 9. The molecule has 2 unspecified atom stereocenters. The molecule has 0 spiro atoms. The van der Waals surface area contributed by atoms with Crippen LogP contribution in [-0.2, 0) is 85.8 Å². The molecular weight excluding hydrogens is 968 g/mol. The van der Waals surface area contributed by atoms with Gasteiger partial charge < -0.3 is 73.0 Å². The van der Waals surface area contributed by atoms with Crippen molar-refractivity contribution in [1.82, 2.24) is 0 Å². The van der Waals surface area contributed by atoms with Crippen LogP contribution in [0.1, 0.15) is 158 Å². The number of hydrogen-bond donors (Lipinski definition) is 5. The third kappa shape index (κ3) is 30.3. The predicted molar refractivity (Wildman–Crippen MR) is 248 cm³/mol. The summed E-state index contributed by atoms with van der Waals surface area (Å²) in [6.07, 6.45) is -7.53. The van der Waals surface area contributed by atoms with Crippen molar-refractivity contribution >= 4 is 64.9 Å². The zero-order chi connectivity index (χ0) is 54.5. The standard InChI is InChI=1S/C21H34O9.C17H28O8.C5H10O5.C4H7ClO/c1-5-9-15(22)27-14-13-26-21(30-18(25)12-8-4)20(29-17(24)11-7-3)19(14)28-16(23)10-6-2;1-4-7-12(18)23-11-10-22-17(21)16(25-14(20)9-6-3)15(11)24-13(19)8-5-2;6-1-3(8)5(10)4(9)2-7;1-2-3-4(5)6/h14,19-21H,5-13H2,1-4H3;11,15-17,21H,4-10H2,1-3H3;1,3-5,7-10H,2H2;2-3H2,1H3/t14-,19+,20-,21?;11-,15+,16-,17?;3-,4+,5+;/m110./s1. The molecule has 412 valence electrons. The molecule has 2 fully saturated rings. The summed E-state index contributed by atoms with van der Waals surface area (Å²) in [6.45, 7) is 13.7. The zero-order valence-corrected chi connectivity index (χ0v) is 43.1. The monoisotopic (exact) mass is 1050 g/mol. The van der Waals surface area contributed by atoms with Crippen molar-refractivity contribution in [3.63, 3.8) is 0 Å². The first-order valence-electron chi connectivity index (χ1n) is 24.2. The number of carbonyl (C=O) groups is 9. The lowest BCUT2D eigenvalue weighted by molar-refractivity contribution is -0.275. The fraction of sp³-hybridized carbons (Fsp3) is 0.809. The van der Waals surface area contributed by atoms with Crippen LogP contribution in [0.4, 0.5) is 0 Å². The van der Waals surface area contributed by atoms with Crippen LogP contribution in [-0.4, -0.2) is 166 Å². The molecule has 0 saturated carbocycles. The Bertz CT molecular complexity index is 1510. The second-order valence-electron chi connectivity index (χ2n) is 16.0. The number of carbonyl (C=O) groups excluding carboxylic acids is 9. The molecule has 2 rings (SSSR count). The van der Waals surface area contributed by atoms with Crippen LogP contribution in [0.15, 0.2) is 0 Å². The van der Waals surface area contributed by atoms with Gasteiger partial charge in [-0.2, -0.15) is 0 Å². The highest BCUT2D eigenvalue weighted by Gasteiger charge is 2.50. The summed E-state index contributed by atoms with van der Waals surface area (Å²) in [5.41, 5.74) is 0. The molecule has 0 bridgehead atoms. The van der Waals surface area contributed by atoms with E-state index in [-0.39, 0.29) is 69.7 Å². The van der Waals surface area contributed by atoms with Crippen LogP contribution in [0.3, 0.4) is 0 Å². The molecule has 23 nitrogen and oxygen atoms in total. The SMILES string of the molecule is CCCC(=O)Cl.CCCC(=O)OC1OC[C@@H](OC(=O)CCC)[C@H](OC(=O)CCC)[C@H]1OC(=O)CCC.CCCC(=O)O[C@H]1[C@H](OC(=O)CCC)COC(O)[C@@H]1OC(=O)CCC.O=C[C@H](O)[C@@H](O)[C@H](O)CO. The summed E-state index contributed by atoms with van der Waals surface area (Å²) in [5, 5.41) is 43.8. The average molecular weight is 1050 g/mol. The Balaban J connectivity index is 0. The minimum absolute atomic E-state index is 0.0869. The summed E-state index contributed by atoms with van der Waals surface area (Å²) >= 11 is 4.94. The molecule has 0 aromatic rings. The van der Waals surface area contributed by atoms with Gasteiger partial charge in [0.05, 0.1) is 19.8 Å². The van der Waals surface area contributed by atoms with Crippen LogP contribution in [0.5, 0.6) is 0 Å². The molecule has 2 saturated heterocycles. The van der Waals surface area contributed by atoms with E-state index in [9.17, 15) is 48.3 Å². The fourth-order valence-electron chi connectivity index (χ4n) is 5.87. The number of aliphatic hydroxyl groups is 5. The Hall–Kier alpha value is -4.36. The fourth-order valence-corrected chi connectivity index (χ4v) is 6.06. The summed E-state index contributed by atoms with van der Waals surface area (Å²) < 4.78 is 48.3. The van der Waals surface area contributed by atoms with Crippen LogP contribution in [0, 0.1) is 0 Å². The first kappa shape index (κ1) is 68.7. The molecule has 0 amide bonds. The number of halogens is 1. The van der Waals surface area contributed by atoms with Crippen LogP contribution < -0.4 is 0 Å². The van der Waals surface area contributed by atoms with Gasteiger partial charge >= 0.3 is 41.8 Å². The van der Waals surface area contributed by atoms with E-state index in [4.69, 9.17) is 74.7 Å². The third-order valence-electron chi connectivity index (χ3n) is 9.37.